The number of hydrogen-bond donors (Lipinski definition) is 2. The van der Waals surface area contributed by atoms with Gasteiger partial charge in [0.1, 0.15) is 12.1 Å². The summed E-state index contributed by atoms with van der Waals surface area (Å²) in [5.74, 6) is -0.709. The minimum Gasteiger partial charge on any atom is -0.374 e. The maximum absolute atomic E-state index is 13.7. The van der Waals surface area contributed by atoms with Gasteiger partial charge >= 0.3 is 0 Å². The summed E-state index contributed by atoms with van der Waals surface area (Å²) in [6.45, 7) is 6.01. The molecule has 9 nitrogen and oxygen atoms in total. The Labute approximate surface area is 224 Å². The van der Waals surface area contributed by atoms with Crippen LogP contribution in [-0.4, -0.2) is 56.0 Å². The summed E-state index contributed by atoms with van der Waals surface area (Å²) < 4.78 is 34.4. The van der Waals surface area contributed by atoms with E-state index in [-0.39, 0.29) is 36.6 Å². The summed E-state index contributed by atoms with van der Waals surface area (Å²) in [6.07, 6.45) is 0.863. The highest BCUT2D eigenvalue weighted by Crippen LogP contribution is 2.49. The number of benzene rings is 2. The third kappa shape index (κ3) is 7.19. The Morgan fingerprint density at radius 2 is 1.79 bits per heavy atom. The Kier molecular flexibility index (Phi) is 8.21. The molecule has 2 aromatic carbocycles. The van der Waals surface area contributed by atoms with Crippen LogP contribution in [0.4, 0.5) is 0 Å². The average molecular weight is 539 g/mol. The Morgan fingerprint density at radius 3 is 2.42 bits per heavy atom. The summed E-state index contributed by atoms with van der Waals surface area (Å²) in [4.78, 5) is 28.5. The highest BCUT2D eigenvalue weighted by molar-refractivity contribution is 7.88. The molecule has 0 bridgehead atoms. The quantitative estimate of drug-likeness (QED) is 0.478. The lowest BCUT2D eigenvalue weighted by molar-refractivity contribution is -0.143. The number of rotatable bonds is 10. The largest absolute Gasteiger partial charge is 0.374 e. The smallest absolute Gasteiger partial charge is 0.243 e. The molecule has 1 saturated carbocycles. The van der Waals surface area contributed by atoms with E-state index in [0.717, 1.165) is 12.0 Å². The van der Waals surface area contributed by atoms with Gasteiger partial charge in [0.25, 0.3) is 0 Å². The second kappa shape index (κ2) is 11.2. The molecule has 4 rings (SSSR count). The first-order valence-electron chi connectivity index (χ1n) is 12.7. The third-order valence-corrected chi connectivity index (χ3v) is 8.11. The number of fused-ring (bicyclic) bond motifs is 1. The predicted octanol–water partition coefficient (Wildman–Crippen LogP) is 2.32. The van der Waals surface area contributed by atoms with Gasteiger partial charge < -0.3 is 15.0 Å². The van der Waals surface area contributed by atoms with E-state index < -0.39 is 33.6 Å². The number of likely N-dealkylation sites (tertiary alicyclic amines) is 1. The Balaban J connectivity index is 1.47. The molecule has 0 aromatic heterocycles. The van der Waals surface area contributed by atoms with E-state index in [4.69, 9.17) is 10.00 Å². The molecule has 2 N–H and O–H groups in total. The zero-order valence-electron chi connectivity index (χ0n) is 21.9. The van der Waals surface area contributed by atoms with Gasteiger partial charge in [-0.05, 0) is 62.3 Å². The molecule has 1 saturated heterocycles. The molecular formula is C28H34N4O5S. The molecular weight excluding hydrogens is 504 g/mol. The molecule has 202 valence electrons. The van der Waals surface area contributed by atoms with Crippen molar-refractivity contribution in [3.05, 3.63) is 71.3 Å². The van der Waals surface area contributed by atoms with Crippen molar-refractivity contribution in [2.75, 3.05) is 13.2 Å². The number of nitriles is 1. The predicted molar refractivity (Wildman–Crippen MR) is 142 cm³/mol. The first-order valence-corrected chi connectivity index (χ1v) is 14.4. The van der Waals surface area contributed by atoms with Gasteiger partial charge in [0.15, 0.2) is 0 Å². The summed E-state index contributed by atoms with van der Waals surface area (Å²) in [7, 11) is -3.87. The van der Waals surface area contributed by atoms with E-state index >= 15 is 0 Å². The summed E-state index contributed by atoms with van der Waals surface area (Å²) in [5.41, 5.74) is 1.39. The van der Waals surface area contributed by atoms with Crippen molar-refractivity contribution >= 4 is 21.8 Å². The van der Waals surface area contributed by atoms with Crippen molar-refractivity contribution in [2.45, 2.75) is 57.2 Å². The van der Waals surface area contributed by atoms with Crippen LogP contribution in [-0.2, 0) is 36.6 Å². The number of carbonyl (C=O) groups is 2. The van der Waals surface area contributed by atoms with Gasteiger partial charge in [0, 0.05) is 13.1 Å². The molecule has 4 atom stereocenters. The highest BCUT2D eigenvalue weighted by Gasteiger charge is 2.57. The van der Waals surface area contributed by atoms with Crippen molar-refractivity contribution < 1.29 is 22.7 Å². The van der Waals surface area contributed by atoms with Crippen LogP contribution < -0.4 is 10.0 Å². The number of ether oxygens (including phenoxy) is 1. The lowest BCUT2D eigenvalue weighted by Crippen LogP contribution is -2.56. The zero-order valence-corrected chi connectivity index (χ0v) is 22.7. The average Bonchev–Trinajstić information content (AvgIpc) is 3.53. The lowest BCUT2D eigenvalue weighted by Gasteiger charge is -2.32. The van der Waals surface area contributed by atoms with Gasteiger partial charge in [-0.15, -0.1) is 0 Å². The molecule has 10 heteroatoms. The fourth-order valence-corrected chi connectivity index (χ4v) is 6.08. The molecule has 1 aliphatic carbocycles. The van der Waals surface area contributed by atoms with E-state index in [0.29, 0.717) is 17.7 Å². The number of piperidine rings is 1. The van der Waals surface area contributed by atoms with Crippen LogP contribution in [0, 0.1) is 23.2 Å². The van der Waals surface area contributed by atoms with Gasteiger partial charge in [-0.2, -0.15) is 5.26 Å². The summed E-state index contributed by atoms with van der Waals surface area (Å²) in [5, 5.41) is 11.9. The SMILES string of the molecule is CC(C)(C)OC[C@@H](NS(=O)(=O)Cc1ccccc1)C(=O)N1CC2CC2C1C(=O)NCc1ccc(C#N)cc1. The van der Waals surface area contributed by atoms with E-state index in [1.165, 1.54) is 4.90 Å². The summed E-state index contributed by atoms with van der Waals surface area (Å²) >= 11 is 0. The Morgan fingerprint density at radius 1 is 1.11 bits per heavy atom. The minimum absolute atomic E-state index is 0.0602. The van der Waals surface area contributed by atoms with E-state index in [9.17, 15) is 18.0 Å². The van der Waals surface area contributed by atoms with Crippen LogP contribution in [0.5, 0.6) is 0 Å². The van der Waals surface area contributed by atoms with E-state index in [1.54, 1.807) is 54.6 Å². The molecule has 1 heterocycles. The normalized spacial score (nSPS) is 21.3. The van der Waals surface area contributed by atoms with Crippen molar-refractivity contribution in [2.24, 2.45) is 11.8 Å². The van der Waals surface area contributed by atoms with Crippen molar-refractivity contribution in [1.29, 1.82) is 5.26 Å². The molecule has 38 heavy (non-hydrogen) atoms. The zero-order chi connectivity index (χ0) is 27.5. The summed E-state index contributed by atoms with van der Waals surface area (Å²) in [6, 6.07) is 15.9. The molecule has 3 unspecified atom stereocenters. The first kappa shape index (κ1) is 27.8. The van der Waals surface area contributed by atoms with Crippen molar-refractivity contribution in [3.63, 3.8) is 0 Å². The monoisotopic (exact) mass is 538 g/mol. The minimum atomic E-state index is -3.87. The Hall–Kier alpha value is -3.26. The van der Waals surface area contributed by atoms with Crippen LogP contribution in [0.25, 0.3) is 0 Å². The number of hydrogen-bond acceptors (Lipinski definition) is 6. The molecule has 0 spiro atoms. The van der Waals surface area contributed by atoms with Crippen LogP contribution in [0.15, 0.2) is 54.6 Å². The number of nitrogens with one attached hydrogen (secondary N) is 2. The van der Waals surface area contributed by atoms with Crippen molar-refractivity contribution in [1.82, 2.24) is 14.9 Å². The Bertz CT molecular complexity index is 1300. The third-order valence-electron chi connectivity index (χ3n) is 6.75. The number of amides is 2. The standard InChI is InChI=1S/C28H34N4O5S/c1-28(2,3)37-17-24(31-38(35,36)18-21-7-5-4-6-8-21)27(34)32-16-22-13-23(22)25(32)26(33)30-15-20-11-9-19(14-29)10-12-20/h4-12,22-25,31H,13,15-18H2,1-3H3,(H,30,33)/t22?,23?,24-,25?/m1/s1. The number of carbonyl (C=O) groups excluding carboxylic acids is 2. The van der Waals surface area contributed by atoms with Crippen LogP contribution in [0.2, 0.25) is 0 Å². The fourth-order valence-electron chi connectivity index (χ4n) is 4.76. The maximum Gasteiger partial charge on any atom is 0.243 e. The molecule has 0 radical (unpaired) electrons. The lowest BCUT2D eigenvalue weighted by atomic mass is 10.1. The van der Waals surface area contributed by atoms with E-state index in [1.807, 2.05) is 20.8 Å². The second-order valence-corrected chi connectivity index (χ2v) is 12.7. The number of sulfonamides is 1. The van der Waals surface area contributed by atoms with E-state index in [2.05, 4.69) is 16.1 Å². The van der Waals surface area contributed by atoms with Gasteiger partial charge in [0.2, 0.25) is 21.8 Å². The topological polar surface area (TPSA) is 129 Å². The van der Waals surface area contributed by atoms with Crippen LogP contribution >= 0.6 is 0 Å². The molecule has 2 fully saturated rings. The van der Waals surface area contributed by atoms with Crippen LogP contribution in [0.3, 0.4) is 0 Å². The highest BCUT2D eigenvalue weighted by atomic mass is 32.2. The first-order chi connectivity index (χ1) is 18.0. The van der Waals surface area contributed by atoms with Gasteiger partial charge in [-0.1, -0.05) is 42.5 Å². The number of nitrogens with zero attached hydrogens (tertiary/aromatic N) is 2. The van der Waals surface area contributed by atoms with Crippen LogP contribution in [0.1, 0.15) is 43.9 Å². The fraction of sp³-hybridized carbons (Fsp3) is 0.464. The van der Waals surface area contributed by atoms with Gasteiger partial charge in [0.05, 0.1) is 29.6 Å². The molecule has 1 aliphatic heterocycles. The second-order valence-electron chi connectivity index (χ2n) is 11.0. The molecule has 2 amide bonds. The van der Waals surface area contributed by atoms with Crippen molar-refractivity contribution in [3.8, 4) is 6.07 Å². The van der Waals surface area contributed by atoms with Gasteiger partial charge in [-0.3, -0.25) is 9.59 Å². The molecule has 2 aromatic rings. The maximum atomic E-state index is 13.7. The molecule has 2 aliphatic rings. The van der Waals surface area contributed by atoms with Gasteiger partial charge in [-0.25, -0.2) is 13.1 Å².